The molecule has 0 amide bonds. The van der Waals surface area contributed by atoms with E-state index in [0.29, 0.717) is 5.92 Å². The number of allylic oxidation sites excluding steroid dienone is 1. The highest BCUT2D eigenvalue weighted by atomic mass is 16.5. The van der Waals surface area contributed by atoms with Crippen molar-refractivity contribution in [3.63, 3.8) is 0 Å². The van der Waals surface area contributed by atoms with Crippen LogP contribution in [0.1, 0.15) is 55.4 Å². The quantitative estimate of drug-likeness (QED) is 0.692. The second-order valence-corrected chi connectivity index (χ2v) is 7.75. The first-order valence-electron chi connectivity index (χ1n) is 8.96. The van der Waals surface area contributed by atoms with E-state index in [1.165, 1.54) is 22.3 Å². The van der Waals surface area contributed by atoms with Gasteiger partial charge in [-0.3, -0.25) is 0 Å². The molecule has 2 heteroatoms. The summed E-state index contributed by atoms with van der Waals surface area (Å²) in [6.07, 6.45) is 6.60. The summed E-state index contributed by atoms with van der Waals surface area (Å²) in [5.41, 5.74) is 5.21. The number of benzene rings is 2. The first-order valence-corrected chi connectivity index (χ1v) is 8.96. The lowest BCUT2D eigenvalue weighted by Crippen LogP contribution is -2.14. The van der Waals surface area contributed by atoms with Gasteiger partial charge in [0.2, 0.25) is 0 Å². The molecule has 3 rings (SSSR count). The van der Waals surface area contributed by atoms with E-state index in [4.69, 9.17) is 9.47 Å². The minimum Gasteiger partial charge on any atom is -0.497 e. The van der Waals surface area contributed by atoms with Gasteiger partial charge in [-0.15, -0.1) is 0 Å². The van der Waals surface area contributed by atoms with Crippen LogP contribution in [0.4, 0.5) is 0 Å². The molecule has 0 saturated heterocycles. The summed E-state index contributed by atoms with van der Waals surface area (Å²) in [4.78, 5) is 0. The number of hydrogen-bond acceptors (Lipinski definition) is 2. The molecular formula is C23H28O2. The summed E-state index contributed by atoms with van der Waals surface area (Å²) in [7, 11) is 3.50. The van der Waals surface area contributed by atoms with Gasteiger partial charge in [0.15, 0.2) is 0 Å². The number of methoxy groups -OCH3 is 2. The largest absolute Gasteiger partial charge is 0.497 e. The third-order valence-electron chi connectivity index (χ3n) is 5.02. The van der Waals surface area contributed by atoms with Crippen LogP contribution in [0, 0.1) is 0 Å². The van der Waals surface area contributed by atoms with E-state index in [2.05, 4.69) is 69.3 Å². The normalized spacial score (nSPS) is 16.0. The zero-order chi connectivity index (χ0) is 18.0. The first kappa shape index (κ1) is 17.6. The highest BCUT2D eigenvalue weighted by molar-refractivity contribution is 5.62. The van der Waals surface area contributed by atoms with Crippen molar-refractivity contribution in [2.75, 3.05) is 14.2 Å². The molecule has 1 aliphatic carbocycles. The second kappa shape index (κ2) is 6.95. The monoisotopic (exact) mass is 336 g/mol. The van der Waals surface area contributed by atoms with Crippen LogP contribution in [0.15, 0.2) is 42.5 Å². The van der Waals surface area contributed by atoms with Gasteiger partial charge >= 0.3 is 0 Å². The van der Waals surface area contributed by atoms with Crippen LogP contribution in [-0.4, -0.2) is 14.2 Å². The van der Waals surface area contributed by atoms with Gasteiger partial charge in [-0.05, 0) is 47.1 Å². The molecule has 0 aliphatic heterocycles. The van der Waals surface area contributed by atoms with Crippen LogP contribution in [-0.2, 0) is 11.8 Å². The molecule has 0 radical (unpaired) electrons. The number of aryl methyl sites for hydroxylation is 1. The summed E-state index contributed by atoms with van der Waals surface area (Å²) in [5.74, 6) is 2.39. The van der Waals surface area contributed by atoms with Crippen molar-refractivity contribution in [3.05, 3.63) is 64.7 Å². The van der Waals surface area contributed by atoms with Crippen molar-refractivity contribution in [1.29, 1.82) is 0 Å². The van der Waals surface area contributed by atoms with Crippen molar-refractivity contribution < 1.29 is 9.47 Å². The van der Waals surface area contributed by atoms with E-state index < -0.39 is 0 Å². The molecule has 2 nitrogen and oxygen atoms in total. The molecule has 1 aliphatic rings. The molecule has 0 bridgehead atoms. The lowest BCUT2D eigenvalue weighted by Gasteiger charge is -2.25. The molecule has 25 heavy (non-hydrogen) atoms. The summed E-state index contributed by atoms with van der Waals surface area (Å²) in [5, 5.41) is 0. The smallest absolute Gasteiger partial charge is 0.126 e. The summed E-state index contributed by atoms with van der Waals surface area (Å²) < 4.78 is 11.4. The maximum Gasteiger partial charge on any atom is 0.126 e. The number of fused-ring (bicyclic) bond motifs is 1. The average Bonchev–Trinajstić information content (AvgIpc) is 3.01. The molecule has 2 aromatic rings. The zero-order valence-electron chi connectivity index (χ0n) is 15.9. The molecular weight excluding hydrogens is 308 g/mol. The molecule has 0 spiro atoms. The Labute approximate surface area is 151 Å². The topological polar surface area (TPSA) is 18.5 Å². The maximum atomic E-state index is 5.81. The Balaban J connectivity index is 1.89. The summed E-state index contributed by atoms with van der Waals surface area (Å²) in [6, 6.07) is 12.9. The van der Waals surface area contributed by atoms with E-state index in [0.717, 1.165) is 24.3 Å². The van der Waals surface area contributed by atoms with E-state index >= 15 is 0 Å². The highest BCUT2D eigenvalue weighted by Gasteiger charge is 2.24. The Hall–Kier alpha value is -2.22. The number of rotatable bonds is 5. The zero-order valence-corrected chi connectivity index (χ0v) is 15.9. The van der Waals surface area contributed by atoms with Crippen LogP contribution in [0.2, 0.25) is 0 Å². The number of hydrogen-bond donors (Lipinski definition) is 0. The van der Waals surface area contributed by atoms with Crippen LogP contribution >= 0.6 is 0 Å². The Morgan fingerprint density at radius 3 is 2.44 bits per heavy atom. The molecule has 132 valence electrons. The van der Waals surface area contributed by atoms with E-state index in [1.54, 1.807) is 14.2 Å². The Kier molecular flexibility index (Phi) is 4.89. The van der Waals surface area contributed by atoms with E-state index in [1.807, 2.05) is 0 Å². The standard InChI is InChI=1S/C23H28O2/c1-23(2,3)21-15-19(24-4)14-18(22(21)25-5)13-12-17-11-10-16-8-6-7-9-20(16)17/h6-11,14-15,17H,12-13H2,1-5H3. The van der Waals surface area contributed by atoms with Crippen molar-refractivity contribution in [1.82, 2.24) is 0 Å². The van der Waals surface area contributed by atoms with Gasteiger partial charge < -0.3 is 9.47 Å². The molecule has 0 heterocycles. The minimum absolute atomic E-state index is 0.00843. The van der Waals surface area contributed by atoms with Crippen molar-refractivity contribution >= 4 is 6.08 Å². The van der Waals surface area contributed by atoms with Crippen molar-refractivity contribution in [3.8, 4) is 11.5 Å². The van der Waals surface area contributed by atoms with Gasteiger partial charge in [0.1, 0.15) is 11.5 Å². The van der Waals surface area contributed by atoms with Crippen LogP contribution in [0.3, 0.4) is 0 Å². The summed E-state index contributed by atoms with van der Waals surface area (Å²) in [6.45, 7) is 6.64. The Morgan fingerprint density at radius 2 is 1.76 bits per heavy atom. The third kappa shape index (κ3) is 3.58. The van der Waals surface area contributed by atoms with Crippen LogP contribution in [0.25, 0.3) is 6.08 Å². The maximum absolute atomic E-state index is 5.81. The molecule has 0 saturated carbocycles. The van der Waals surface area contributed by atoms with Crippen LogP contribution in [0.5, 0.6) is 11.5 Å². The Bertz CT molecular complexity index is 781. The van der Waals surface area contributed by atoms with Gasteiger partial charge in [0.25, 0.3) is 0 Å². The average molecular weight is 336 g/mol. The summed E-state index contributed by atoms with van der Waals surface area (Å²) >= 11 is 0. The van der Waals surface area contributed by atoms with Gasteiger partial charge in [-0.25, -0.2) is 0 Å². The first-order chi connectivity index (χ1) is 11.9. The molecule has 0 aromatic heterocycles. The Morgan fingerprint density at radius 1 is 1.00 bits per heavy atom. The molecule has 1 atom stereocenters. The number of ether oxygens (including phenoxy) is 2. The second-order valence-electron chi connectivity index (χ2n) is 7.75. The fourth-order valence-corrected chi connectivity index (χ4v) is 3.65. The van der Waals surface area contributed by atoms with E-state index in [-0.39, 0.29) is 5.41 Å². The highest BCUT2D eigenvalue weighted by Crippen LogP contribution is 2.40. The predicted octanol–water partition coefficient (Wildman–Crippen LogP) is 5.74. The molecule has 0 fully saturated rings. The fourth-order valence-electron chi connectivity index (χ4n) is 3.65. The lowest BCUT2D eigenvalue weighted by molar-refractivity contribution is 0.382. The van der Waals surface area contributed by atoms with Gasteiger partial charge in [-0.1, -0.05) is 57.2 Å². The van der Waals surface area contributed by atoms with Gasteiger partial charge in [0, 0.05) is 11.5 Å². The fraction of sp³-hybridized carbons (Fsp3) is 0.391. The minimum atomic E-state index is 0.00843. The van der Waals surface area contributed by atoms with Crippen LogP contribution < -0.4 is 9.47 Å². The van der Waals surface area contributed by atoms with Crippen molar-refractivity contribution in [2.45, 2.75) is 44.9 Å². The SMILES string of the molecule is COc1cc(CCC2C=Cc3ccccc32)c(OC)c(C(C)(C)C)c1. The third-order valence-corrected chi connectivity index (χ3v) is 5.02. The lowest BCUT2D eigenvalue weighted by atomic mass is 9.83. The molecule has 0 N–H and O–H groups in total. The van der Waals surface area contributed by atoms with E-state index in [9.17, 15) is 0 Å². The van der Waals surface area contributed by atoms with Gasteiger partial charge in [-0.2, -0.15) is 0 Å². The molecule has 1 unspecified atom stereocenters. The van der Waals surface area contributed by atoms with Crippen molar-refractivity contribution in [2.24, 2.45) is 0 Å². The van der Waals surface area contributed by atoms with Gasteiger partial charge in [0.05, 0.1) is 14.2 Å². The molecule has 2 aromatic carbocycles. The predicted molar refractivity (Wildman–Crippen MR) is 105 cm³/mol.